The molecular weight excluding hydrogens is 297 g/mol. The van der Waals surface area contributed by atoms with Crippen molar-refractivity contribution in [3.63, 3.8) is 0 Å². The molecule has 0 aliphatic heterocycles. The molecule has 2 N–H and O–H groups in total. The first-order valence-electron chi connectivity index (χ1n) is 5.53. The fourth-order valence-electron chi connectivity index (χ4n) is 1.60. The summed E-state index contributed by atoms with van der Waals surface area (Å²) in [6.07, 6.45) is -0.192. The van der Waals surface area contributed by atoms with E-state index in [1.165, 1.54) is 12.1 Å². The van der Waals surface area contributed by atoms with Crippen LogP contribution in [0.15, 0.2) is 46.9 Å². The van der Waals surface area contributed by atoms with Crippen LogP contribution in [0.3, 0.4) is 0 Å². The Kier molecular flexibility index (Phi) is 3.87. The van der Waals surface area contributed by atoms with Crippen LogP contribution in [0.2, 0.25) is 0 Å². The zero-order chi connectivity index (χ0) is 13.1. The van der Waals surface area contributed by atoms with Crippen LogP contribution in [-0.4, -0.2) is 0 Å². The highest BCUT2D eigenvalue weighted by Crippen LogP contribution is 2.30. The second-order valence-corrected chi connectivity index (χ2v) is 4.91. The summed E-state index contributed by atoms with van der Waals surface area (Å²) in [6, 6.07) is 11.7. The summed E-state index contributed by atoms with van der Waals surface area (Å²) in [7, 11) is 0. The van der Waals surface area contributed by atoms with Crippen molar-refractivity contribution in [3.05, 3.63) is 58.3 Å². The van der Waals surface area contributed by atoms with Crippen LogP contribution in [0.5, 0.6) is 5.75 Å². The first-order valence-corrected chi connectivity index (χ1v) is 6.32. The third-order valence-corrected chi connectivity index (χ3v) is 3.11. The van der Waals surface area contributed by atoms with Gasteiger partial charge in [0.05, 0.1) is 5.69 Å². The highest BCUT2D eigenvalue weighted by Gasteiger charge is 2.09. The standard InChI is InChI=1S/C14H13BrFNO/c1-9(10-2-5-12(16)6-3-10)18-14-8-11(15)4-7-13(14)17/h2-9H,17H2,1H3. The van der Waals surface area contributed by atoms with Crippen molar-refractivity contribution in [1.29, 1.82) is 0 Å². The lowest BCUT2D eigenvalue weighted by molar-refractivity contribution is 0.228. The fraction of sp³-hybridized carbons (Fsp3) is 0.143. The molecule has 94 valence electrons. The Morgan fingerprint density at radius 1 is 1.17 bits per heavy atom. The molecule has 0 saturated carbocycles. The Morgan fingerprint density at radius 3 is 2.50 bits per heavy atom. The number of hydrogen-bond acceptors (Lipinski definition) is 2. The van der Waals surface area contributed by atoms with E-state index in [9.17, 15) is 4.39 Å². The Balaban J connectivity index is 2.18. The number of nitrogen functional groups attached to an aromatic ring is 1. The normalized spacial score (nSPS) is 12.2. The molecule has 0 amide bonds. The smallest absolute Gasteiger partial charge is 0.144 e. The summed E-state index contributed by atoms with van der Waals surface area (Å²) in [4.78, 5) is 0. The molecule has 2 rings (SSSR count). The summed E-state index contributed by atoms with van der Waals surface area (Å²) in [6.45, 7) is 1.90. The highest BCUT2D eigenvalue weighted by molar-refractivity contribution is 9.10. The maximum atomic E-state index is 12.8. The topological polar surface area (TPSA) is 35.2 Å². The Bertz CT molecular complexity index is 542. The van der Waals surface area contributed by atoms with Crippen molar-refractivity contribution in [1.82, 2.24) is 0 Å². The van der Waals surface area contributed by atoms with Crippen molar-refractivity contribution < 1.29 is 9.13 Å². The first-order chi connectivity index (χ1) is 8.56. The van der Waals surface area contributed by atoms with Gasteiger partial charge in [0.15, 0.2) is 0 Å². The summed E-state index contributed by atoms with van der Waals surface area (Å²) >= 11 is 3.37. The molecule has 18 heavy (non-hydrogen) atoms. The monoisotopic (exact) mass is 309 g/mol. The predicted octanol–water partition coefficient (Wildman–Crippen LogP) is 4.31. The van der Waals surface area contributed by atoms with E-state index in [1.54, 1.807) is 18.2 Å². The second-order valence-electron chi connectivity index (χ2n) is 3.99. The largest absolute Gasteiger partial charge is 0.484 e. The number of halogens is 2. The summed E-state index contributed by atoms with van der Waals surface area (Å²) < 4.78 is 19.5. The van der Waals surface area contributed by atoms with Crippen LogP contribution >= 0.6 is 15.9 Å². The fourth-order valence-corrected chi connectivity index (χ4v) is 1.94. The van der Waals surface area contributed by atoms with Crippen LogP contribution < -0.4 is 10.5 Å². The van der Waals surface area contributed by atoms with Crippen LogP contribution in [0.1, 0.15) is 18.6 Å². The predicted molar refractivity (Wildman–Crippen MR) is 74.0 cm³/mol. The van der Waals surface area contributed by atoms with Crippen molar-refractivity contribution in [2.24, 2.45) is 0 Å². The summed E-state index contributed by atoms with van der Waals surface area (Å²) in [5, 5.41) is 0. The molecule has 2 nitrogen and oxygen atoms in total. The van der Waals surface area contributed by atoms with E-state index in [2.05, 4.69) is 15.9 Å². The second kappa shape index (κ2) is 5.40. The van der Waals surface area contributed by atoms with Crippen molar-refractivity contribution in [2.45, 2.75) is 13.0 Å². The van der Waals surface area contributed by atoms with Crippen LogP contribution in [0.25, 0.3) is 0 Å². The van der Waals surface area contributed by atoms with Gasteiger partial charge >= 0.3 is 0 Å². The van der Waals surface area contributed by atoms with Gasteiger partial charge in [0.1, 0.15) is 17.7 Å². The summed E-state index contributed by atoms with van der Waals surface area (Å²) in [5.74, 6) is 0.356. The molecule has 1 atom stereocenters. The number of benzene rings is 2. The van der Waals surface area contributed by atoms with E-state index < -0.39 is 0 Å². The third-order valence-electron chi connectivity index (χ3n) is 2.62. The van der Waals surface area contributed by atoms with Gasteiger partial charge < -0.3 is 10.5 Å². The van der Waals surface area contributed by atoms with Crippen molar-refractivity contribution in [3.8, 4) is 5.75 Å². The number of ether oxygens (including phenoxy) is 1. The van der Waals surface area contributed by atoms with E-state index in [4.69, 9.17) is 10.5 Å². The van der Waals surface area contributed by atoms with Gasteiger partial charge in [-0.25, -0.2) is 4.39 Å². The summed E-state index contributed by atoms with van der Waals surface area (Å²) in [5.41, 5.74) is 7.31. The highest BCUT2D eigenvalue weighted by atomic mass is 79.9. The molecule has 1 unspecified atom stereocenters. The molecular formula is C14H13BrFNO. The lowest BCUT2D eigenvalue weighted by Crippen LogP contribution is -2.05. The van der Waals surface area contributed by atoms with Gasteiger partial charge in [0.25, 0.3) is 0 Å². The molecule has 0 fully saturated rings. The first kappa shape index (κ1) is 12.9. The van der Waals surface area contributed by atoms with Gasteiger partial charge in [-0.2, -0.15) is 0 Å². The Morgan fingerprint density at radius 2 is 1.83 bits per heavy atom. The van der Waals surface area contributed by atoms with Gasteiger partial charge in [-0.3, -0.25) is 0 Å². The molecule has 0 bridgehead atoms. The van der Waals surface area contributed by atoms with Gasteiger partial charge in [-0.1, -0.05) is 28.1 Å². The van der Waals surface area contributed by atoms with E-state index in [1.807, 2.05) is 19.1 Å². The molecule has 0 saturated heterocycles. The van der Waals surface area contributed by atoms with Crippen LogP contribution in [0, 0.1) is 5.82 Å². The van der Waals surface area contributed by atoms with E-state index in [0.29, 0.717) is 11.4 Å². The number of hydrogen-bond donors (Lipinski definition) is 1. The lowest BCUT2D eigenvalue weighted by Gasteiger charge is -2.16. The SMILES string of the molecule is CC(Oc1cc(Br)ccc1N)c1ccc(F)cc1. The number of anilines is 1. The number of rotatable bonds is 3. The number of nitrogens with two attached hydrogens (primary N) is 1. The molecule has 0 spiro atoms. The molecule has 0 radical (unpaired) electrons. The van der Waals surface area contributed by atoms with E-state index in [-0.39, 0.29) is 11.9 Å². The zero-order valence-corrected chi connectivity index (χ0v) is 11.4. The third kappa shape index (κ3) is 3.01. The Hall–Kier alpha value is -1.55. The maximum Gasteiger partial charge on any atom is 0.144 e. The minimum atomic E-state index is -0.257. The van der Waals surface area contributed by atoms with Crippen molar-refractivity contribution in [2.75, 3.05) is 5.73 Å². The Labute approximate surface area is 114 Å². The van der Waals surface area contributed by atoms with E-state index in [0.717, 1.165) is 10.0 Å². The average Bonchev–Trinajstić information content (AvgIpc) is 2.34. The quantitative estimate of drug-likeness (QED) is 0.857. The molecule has 2 aromatic rings. The molecule has 0 aromatic heterocycles. The lowest BCUT2D eigenvalue weighted by atomic mass is 10.1. The van der Waals surface area contributed by atoms with Gasteiger partial charge in [0, 0.05) is 4.47 Å². The van der Waals surface area contributed by atoms with Crippen molar-refractivity contribution >= 4 is 21.6 Å². The van der Waals surface area contributed by atoms with E-state index >= 15 is 0 Å². The molecule has 4 heteroatoms. The maximum absolute atomic E-state index is 12.8. The zero-order valence-electron chi connectivity index (χ0n) is 9.86. The van der Waals surface area contributed by atoms with Crippen LogP contribution in [0.4, 0.5) is 10.1 Å². The van der Waals surface area contributed by atoms with Crippen LogP contribution in [-0.2, 0) is 0 Å². The van der Waals surface area contributed by atoms with Gasteiger partial charge in [-0.05, 0) is 42.8 Å². The minimum Gasteiger partial charge on any atom is -0.484 e. The average molecular weight is 310 g/mol. The molecule has 0 heterocycles. The minimum absolute atomic E-state index is 0.192. The molecule has 2 aromatic carbocycles. The van der Waals surface area contributed by atoms with Gasteiger partial charge in [0.2, 0.25) is 0 Å². The van der Waals surface area contributed by atoms with Gasteiger partial charge in [-0.15, -0.1) is 0 Å². The molecule has 0 aliphatic rings. The molecule has 0 aliphatic carbocycles.